The second kappa shape index (κ2) is 7.72. The topological polar surface area (TPSA) is 41.4 Å². The Balaban J connectivity index is 1.46. The van der Waals surface area contributed by atoms with E-state index in [4.69, 9.17) is 0 Å². The van der Waals surface area contributed by atoms with E-state index in [2.05, 4.69) is 22.0 Å². The molecule has 5 heteroatoms. The lowest BCUT2D eigenvalue weighted by Gasteiger charge is -2.34. The van der Waals surface area contributed by atoms with Crippen molar-refractivity contribution >= 4 is 11.6 Å². The summed E-state index contributed by atoms with van der Waals surface area (Å²) >= 11 is 0. The molecule has 1 aliphatic rings. The Hall–Kier alpha value is -2.30. The number of aromatic nitrogens is 2. The number of hydrogen-bond donors (Lipinski definition) is 0. The van der Waals surface area contributed by atoms with Crippen LogP contribution in [-0.2, 0) is 7.05 Å². The molecule has 0 bridgehead atoms. The van der Waals surface area contributed by atoms with Gasteiger partial charge in [-0.2, -0.15) is 0 Å². The summed E-state index contributed by atoms with van der Waals surface area (Å²) in [7, 11) is 3.89. The highest BCUT2D eigenvalue weighted by Gasteiger charge is 2.21. The summed E-state index contributed by atoms with van der Waals surface area (Å²) < 4.78 is 2.00. The van der Waals surface area contributed by atoms with Gasteiger partial charge < -0.3 is 14.4 Å². The van der Waals surface area contributed by atoms with Crippen molar-refractivity contribution in [2.45, 2.75) is 26.2 Å². The third kappa shape index (κ3) is 4.03. The summed E-state index contributed by atoms with van der Waals surface area (Å²) in [6.07, 6.45) is 9.12. The lowest BCUT2D eigenvalue weighted by atomic mass is 9.93. The van der Waals surface area contributed by atoms with Gasteiger partial charge in [-0.15, -0.1) is 0 Å². The minimum absolute atomic E-state index is 0.132. The predicted octanol–water partition coefficient (Wildman–Crippen LogP) is 3.11. The number of anilines is 1. The number of amides is 1. The summed E-state index contributed by atoms with van der Waals surface area (Å²) in [4.78, 5) is 21.0. The molecule has 1 amide bonds. The van der Waals surface area contributed by atoms with Crippen LogP contribution in [0.2, 0.25) is 0 Å². The first-order valence-electron chi connectivity index (χ1n) is 9.08. The van der Waals surface area contributed by atoms with Gasteiger partial charge in [0, 0.05) is 63.7 Å². The summed E-state index contributed by atoms with van der Waals surface area (Å²) in [6, 6.07) is 6.07. The van der Waals surface area contributed by atoms with E-state index in [1.54, 1.807) is 0 Å². The number of pyridine rings is 1. The average molecular weight is 340 g/mol. The normalized spacial score (nSPS) is 15.4. The van der Waals surface area contributed by atoms with Crippen LogP contribution >= 0.6 is 0 Å². The number of nitrogens with zero attached hydrogens (tertiary/aromatic N) is 4. The summed E-state index contributed by atoms with van der Waals surface area (Å²) in [6.45, 7) is 5.00. The van der Waals surface area contributed by atoms with Crippen molar-refractivity contribution < 1.29 is 4.79 Å². The summed E-state index contributed by atoms with van der Waals surface area (Å²) in [5, 5.41) is 0. The molecule has 0 spiro atoms. The number of carbonyl (C=O) groups is 1. The van der Waals surface area contributed by atoms with Crippen LogP contribution in [0.3, 0.4) is 0 Å². The van der Waals surface area contributed by atoms with Crippen LogP contribution in [0.4, 0.5) is 5.69 Å². The van der Waals surface area contributed by atoms with Crippen LogP contribution in [0.15, 0.2) is 36.8 Å². The van der Waals surface area contributed by atoms with Crippen LogP contribution in [0.1, 0.15) is 35.3 Å². The zero-order chi connectivity index (χ0) is 17.8. The highest BCUT2D eigenvalue weighted by molar-refractivity contribution is 5.95. The van der Waals surface area contributed by atoms with Crippen LogP contribution in [0.5, 0.6) is 0 Å². The number of piperidine rings is 1. The number of rotatable bonds is 5. The third-order valence-corrected chi connectivity index (χ3v) is 5.48. The lowest BCUT2D eigenvalue weighted by Crippen LogP contribution is -2.35. The third-order valence-electron chi connectivity index (χ3n) is 5.48. The molecule has 0 aromatic carbocycles. The molecule has 1 saturated heterocycles. The first-order chi connectivity index (χ1) is 12.1. The molecule has 1 fully saturated rings. The molecule has 0 radical (unpaired) electrons. The van der Waals surface area contributed by atoms with Gasteiger partial charge in [0.05, 0.1) is 5.56 Å². The van der Waals surface area contributed by atoms with Crippen LogP contribution in [0, 0.1) is 12.8 Å². The molecule has 2 aromatic heterocycles. The number of carbonyl (C=O) groups excluding carboxylic acids is 1. The summed E-state index contributed by atoms with van der Waals surface area (Å²) in [5.74, 6) is 0.831. The maximum atomic E-state index is 12.6. The SMILES string of the molecule is Cc1c(C(=O)N(C)CCC2CCN(c3ccncc3)CC2)ccn1C. The Kier molecular flexibility index (Phi) is 5.41. The van der Waals surface area contributed by atoms with Gasteiger partial charge in [-0.3, -0.25) is 9.78 Å². The Labute approximate surface area is 150 Å². The molecule has 5 nitrogen and oxygen atoms in total. The van der Waals surface area contributed by atoms with Gasteiger partial charge in [0.2, 0.25) is 0 Å². The molecule has 0 saturated carbocycles. The fourth-order valence-corrected chi connectivity index (χ4v) is 3.55. The molecule has 0 atom stereocenters. The maximum absolute atomic E-state index is 12.6. The Morgan fingerprint density at radius 2 is 1.92 bits per heavy atom. The second-order valence-corrected chi connectivity index (χ2v) is 7.08. The van der Waals surface area contributed by atoms with Crippen LogP contribution in [0.25, 0.3) is 0 Å². The second-order valence-electron chi connectivity index (χ2n) is 7.08. The van der Waals surface area contributed by atoms with E-state index in [9.17, 15) is 4.79 Å². The fraction of sp³-hybridized carbons (Fsp3) is 0.500. The molecule has 134 valence electrons. The van der Waals surface area contributed by atoms with Crippen molar-refractivity contribution in [1.29, 1.82) is 0 Å². The number of aryl methyl sites for hydroxylation is 1. The molecule has 3 rings (SSSR count). The molecule has 0 aliphatic carbocycles. The zero-order valence-electron chi connectivity index (χ0n) is 15.5. The highest BCUT2D eigenvalue weighted by atomic mass is 16.2. The molecular formula is C20H28N4O. The van der Waals surface area contributed by atoms with Crippen molar-refractivity contribution in [2.24, 2.45) is 13.0 Å². The molecule has 25 heavy (non-hydrogen) atoms. The van der Waals surface area contributed by atoms with E-state index < -0.39 is 0 Å². The number of hydrogen-bond acceptors (Lipinski definition) is 3. The smallest absolute Gasteiger partial charge is 0.255 e. The Bertz CT molecular complexity index is 702. The van der Waals surface area contributed by atoms with Crippen molar-refractivity contribution in [1.82, 2.24) is 14.5 Å². The van der Waals surface area contributed by atoms with Gasteiger partial charge in [-0.1, -0.05) is 0 Å². The average Bonchev–Trinajstić information content (AvgIpc) is 2.99. The zero-order valence-corrected chi connectivity index (χ0v) is 15.5. The standard InChI is InChI=1S/C20H28N4O/c1-16-19(9-13-22(16)2)20(25)23(3)12-6-17-7-14-24(15-8-17)18-4-10-21-11-5-18/h4-5,9-11,13,17H,6-8,12,14-15H2,1-3H3. The predicted molar refractivity (Wildman–Crippen MR) is 101 cm³/mol. The van der Waals surface area contributed by atoms with Gasteiger partial charge in [0.25, 0.3) is 5.91 Å². The van der Waals surface area contributed by atoms with Gasteiger partial charge in [-0.05, 0) is 50.3 Å². The quantitative estimate of drug-likeness (QED) is 0.840. The van der Waals surface area contributed by atoms with Crippen molar-refractivity contribution in [3.63, 3.8) is 0 Å². The molecule has 1 aliphatic heterocycles. The van der Waals surface area contributed by atoms with Crippen molar-refractivity contribution in [2.75, 3.05) is 31.6 Å². The van der Waals surface area contributed by atoms with Gasteiger partial charge in [0.1, 0.15) is 0 Å². The highest BCUT2D eigenvalue weighted by Crippen LogP contribution is 2.25. The molecule has 0 N–H and O–H groups in total. The molecule has 0 unspecified atom stereocenters. The minimum Gasteiger partial charge on any atom is -0.371 e. The van der Waals surface area contributed by atoms with Gasteiger partial charge in [-0.25, -0.2) is 0 Å². The summed E-state index contributed by atoms with van der Waals surface area (Å²) in [5.41, 5.74) is 3.11. The first kappa shape index (κ1) is 17.5. The first-order valence-corrected chi connectivity index (χ1v) is 9.08. The molecule has 3 heterocycles. The van der Waals surface area contributed by atoms with E-state index in [-0.39, 0.29) is 5.91 Å². The Morgan fingerprint density at radius 3 is 2.52 bits per heavy atom. The van der Waals surface area contributed by atoms with Crippen molar-refractivity contribution in [3.8, 4) is 0 Å². The maximum Gasteiger partial charge on any atom is 0.255 e. The van der Waals surface area contributed by atoms with Crippen molar-refractivity contribution in [3.05, 3.63) is 48.0 Å². The lowest BCUT2D eigenvalue weighted by molar-refractivity contribution is 0.0784. The van der Waals surface area contributed by atoms with E-state index in [1.807, 2.05) is 55.1 Å². The fourth-order valence-electron chi connectivity index (χ4n) is 3.55. The van der Waals surface area contributed by atoms with Gasteiger partial charge in [0.15, 0.2) is 0 Å². The van der Waals surface area contributed by atoms with E-state index in [1.165, 1.54) is 18.5 Å². The monoisotopic (exact) mass is 340 g/mol. The largest absolute Gasteiger partial charge is 0.371 e. The van der Waals surface area contributed by atoms with E-state index in [0.29, 0.717) is 5.92 Å². The molecule has 2 aromatic rings. The molecular weight excluding hydrogens is 312 g/mol. The van der Waals surface area contributed by atoms with Crippen LogP contribution < -0.4 is 4.90 Å². The van der Waals surface area contributed by atoms with E-state index >= 15 is 0 Å². The Morgan fingerprint density at radius 1 is 1.24 bits per heavy atom. The van der Waals surface area contributed by atoms with E-state index in [0.717, 1.165) is 37.3 Å². The van der Waals surface area contributed by atoms with Gasteiger partial charge >= 0.3 is 0 Å². The minimum atomic E-state index is 0.132. The van der Waals surface area contributed by atoms with Crippen LogP contribution in [-0.4, -0.2) is 47.0 Å².